The summed E-state index contributed by atoms with van der Waals surface area (Å²) in [6, 6.07) is 0.245. The third kappa shape index (κ3) is 3.97. The first-order valence-corrected chi connectivity index (χ1v) is 6.18. The minimum Gasteiger partial charge on any atom is -0.367 e. The monoisotopic (exact) mass is 255 g/mol. The van der Waals surface area contributed by atoms with E-state index in [1.165, 1.54) is 6.33 Å². The predicted molar refractivity (Wildman–Crippen MR) is 69.6 cm³/mol. The minimum atomic E-state index is 0.188. The standard InChI is InChI=1S/C12H18ClN3O/c1-4-8(2)5-9(3)16-12-10(6-17)11(13)14-7-15-12/h6-9H,4-5H2,1-3H3,(H,14,15,16). The maximum Gasteiger partial charge on any atom is 0.156 e. The third-order valence-corrected chi connectivity index (χ3v) is 3.09. The van der Waals surface area contributed by atoms with E-state index in [1.807, 2.05) is 0 Å². The molecule has 1 aromatic heterocycles. The van der Waals surface area contributed by atoms with Crippen molar-refractivity contribution >= 4 is 23.7 Å². The van der Waals surface area contributed by atoms with Crippen LogP contribution in [0.5, 0.6) is 0 Å². The highest BCUT2D eigenvalue weighted by Gasteiger charge is 2.12. The van der Waals surface area contributed by atoms with Crippen molar-refractivity contribution in [3.8, 4) is 0 Å². The zero-order valence-corrected chi connectivity index (χ0v) is 11.2. The molecule has 0 aliphatic rings. The van der Waals surface area contributed by atoms with Crippen molar-refractivity contribution in [2.45, 2.75) is 39.7 Å². The third-order valence-electron chi connectivity index (χ3n) is 2.79. The van der Waals surface area contributed by atoms with Gasteiger partial charge in [0.25, 0.3) is 0 Å². The van der Waals surface area contributed by atoms with E-state index in [1.54, 1.807) is 0 Å². The summed E-state index contributed by atoms with van der Waals surface area (Å²) in [6.07, 6.45) is 4.20. The minimum absolute atomic E-state index is 0.188. The summed E-state index contributed by atoms with van der Waals surface area (Å²) in [5.41, 5.74) is 0.324. The lowest BCUT2D eigenvalue weighted by Crippen LogP contribution is -2.20. The number of carbonyl (C=O) groups is 1. The lowest BCUT2D eigenvalue weighted by atomic mass is 10.0. The summed E-state index contributed by atoms with van der Waals surface area (Å²) in [6.45, 7) is 6.43. The van der Waals surface area contributed by atoms with Gasteiger partial charge in [0.15, 0.2) is 6.29 Å². The molecular formula is C12H18ClN3O. The molecule has 1 rings (SSSR count). The largest absolute Gasteiger partial charge is 0.367 e. The number of hydrogen-bond acceptors (Lipinski definition) is 4. The van der Waals surface area contributed by atoms with Gasteiger partial charge in [0.1, 0.15) is 17.3 Å². The molecule has 4 nitrogen and oxygen atoms in total. The Hall–Kier alpha value is -1.16. The van der Waals surface area contributed by atoms with Crippen LogP contribution in [0, 0.1) is 5.92 Å². The van der Waals surface area contributed by atoms with Gasteiger partial charge in [-0.25, -0.2) is 9.97 Å². The Labute approximate surface area is 107 Å². The molecule has 0 spiro atoms. The fourth-order valence-electron chi connectivity index (χ4n) is 1.66. The van der Waals surface area contributed by atoms with Gasteiger partial charge >= 0.3 is 0 Å². The zero-order chi connectivity index (χ0) is 12.8. The van der Waals surface area contributed by atoms with Crippen molar-refractivity contribution in [2.75, 3.05) is 5.32 Å². The molecule has 1 heterocycles. The van der Waals surface area contributed by atoms with E-state index in [0.717, 1.165) is 12.8 Å². The normalized spacial score (nSPS) is 14.1. The van der Waals surface area contributed by atoms with E-state index < -0.39 is 0 Å². The van der Waals surface area contributed by atoms with Gasteiger partial charge in [0.05, 0.1) is 5.56 Å². The number of halogens is 1. The predicted octanol–water partition coefficient (Wildman–Crippen LogP) is 3.18. The second-order valence-corrected chi connectivity index (χ2v) is 4.70. The van der Waals surface area contributed by atoms with Crippen LogP contribution in [0.4, 0.5) is 5.82 Å². The molecule has 94 valence electrons. The lowest BCUT2D eigenvalue weighted by Gasteiger charge is -2.18. The van der Waals surface area contributed by atoms with E-state index in [9.17, 15) is 4.79 Å². The van der Waals surface area contributed by atoms with Crippen molar-refractivity contribution in [3.63, 3.8) is 0 Å². The van der Waals surface area contributed by atoms with Crippen molar-refractivity contribution < 1.29 is 4.79 Å². The van der Waals surface area contributed by atoms with Gasteiger partial charge in [0, 0.05) is 6.04 Å². The SMILES string of the molecule is CCC(C)CC(C)Nc1ncnc(Cl)c1C=O. The highest BCUT2D eigenvalue weighted by molar-refractivity contribution is 6.32. The number of nitrogens with zero attached hydrogens (tertiary/aromatic N) is 2. The fourth-order valence-corrected chi connectivity index (χ4v) is 1.83. The highest BCUT2D eigenvalue weighted by Crippen LogP contribution is 2.20. The number of carbonyl (C=O) groups excluding carboxylic acids is 1. The van der Waals surface area contributed by atoms with Crippen LogP contribution in [0.3, 0.4) is 0 Å². The van der Waals surface area contributed by atoms with E-state index >= 15 is 0 Å². The van der Waals surface area contributed by atoms with E-state index in [2.05, 4.69) is 36.1 Å². The summed E-state index contributed by atoms with van der Waals surface area (Å²) in [4.78, 5) is 18.7. The first-order valence-electron chi connectivity index (χ1n) is 5.80. The molecule has 0 fully saturated rings. The second-order valence-electron chi connectivity index (χ2n) is 4.34. The number of aldehydes is 1. The van der Waals surface area contributed by atoms with E-state index in [4.69, 9.17) is 11.6 Å². The molecule has 0 radical (unpaired) electrons. The topological polar surface area (TPSA) is 54.9 Å². The molecule has 0 saturated heterocycles. The van der Waals surface area contributed by atoms with Gasteiger partial charge in [-0.15, -0.1) is 0 Å². The summed E-state index contributed by atoms with van der Waals surface area (Å²) in [7, 11) is 0. The zero-order valence-electron chi connectivity index (χ0n) is 10.4. The van der Waals surface area contributed by atoms with Crippen LogP contribution in [0.1, 0.15) is 44.0 Å². The summed E-state index contributed by atoms with van der Waals surface area (Å²) in [5.74, 6) is 1.14. The molecule has 0 saturated carbocycles. The average molecular weight is 256 g/mol. The smallest absolute Gasteiger partial charge is 0.156 e. The number of anilines is 1. The van der Waals surface area contributed by atoms with Crippen LogP contribution < -0.4 is 5.32 Å². The Bertz CT molecular complexity index is 384. The molecule has 0 aliphatic heterocycles. The van der Waals surface area contributed by atoms with E-state index in [0.29, 0.717) is 23.6 Å². The molecule has 0 bridgehead atoms. The van der Waals surface area contributed by atoms with Crippen molar-refractivity contribution in [3.05, 3.63) is 17.0 Å². The van der Waals surface area contributed by atoms with Gasteiger partial charge in [0.2, 0.25) is 0 Å². The Morgan fingerprint density at radius 3 is 2.76 bits per heavy atom. The van der Waals surface area contributed by atoms with Crippen molar-refractivity contribution in [1.82, 2.24) is 9.97 Å². The number of nitrogens with one attached hydrogen (secondary N) is 1. The molecule has 5 heteroatoms. The maximum absolute atomic E-state index is 10.9. The van der Waals surface area contributed by atoms with Crippen LogP contribution in [-0.2, 0) is 0 Å². The van der Waals surface area contributed by atoms with Crippen LogP contribution in [-0.4, -0.2) is 22.3 Å². The molecule has 0 amide bonds. The van der Waals surface area contributed by atoms with Gasteiger partial charge in [-0.2, -0.15) is 0 Å². The molecule has 0 aliphatic carbocycles. The molecule has 2 unspecified atom stereocenters. The Balaban J connectivity index is 2.74. The number of aromatic nitrogens is 2. The average Bonchev–Trinajstić information content (AvgIpc) is 2.29. The number of hydrogen-bond donors (Lipinski definition) is 1. The van der Waals surface area contributed by atoms with Gasteiger partial charge in [-0.1, -0.05) is 31.9 Å². The molecular weight excluding hydrogens is 238 g/mol. The van der Waals surface area contributed by atoms with Gasteiger partial charge < -0.3 is 5.32 Å². The molecule has 1 N–H and O–H groups in total. The summed E-state index contributed by atoms with van der Waals surface area (Å²) < 4.78 is 0. The van der Waals surface area contributed by atoms with Gasteiger partial charge in [-0.05, 0) is 19.3 Å². The first-order chi connectivity index (χ1) is 8.08. The second kappa shape index (κ2) is 6.55. The molecule has 2 atom stereocenters. The van der Waals surface area contributed by atoms with Crippen LogP contribution in [0.25, 0.3) is 0 Å². The van der Waals surface area contributed by atoms with E-state index in [-0.39, 0.29) is 11.2 Å². The highest BCUT2D eigenvalue weighted by atomic mass is 35.5. The van der Waals surface area contributed by atoms with Crippen molar-refractivity contribution in [2.24, 2.45) is 5.92 Å². The quantitative estimate of drug-likeness (QED) is 0.627. The van der Waals surface area contributed by atoms with Crippen LogP contribution in [0.2, 0.25) is 5.15 Å². The summed E-state index contributed by atoms with van der Waals surface area (Å²) >= 11 is 5.82. The Morgan fingerprint density at radius 1 is 1.47 bits per heavy atom. The summed E-state index contributed by atoms with van der Waals surface area (Å²) in [5, 5.41) is 3.39. The molecule has 17 heavy (non-hydrogen) atoms. The first kappa shape index (κ1) is 13.9. The molecule has 0 aromatic carbocycles. The number of rotatable bonds is 6. The maximum atomic E-state index is 10.9. The van der Waals surface area contributed by atoms with Crippen molar-refractivity contribution in [1.29, 1.82) is 0 Å². The van der Waals surface area contributed by atoms with Crippen LogP contribution in [0.15, 0.2) is 6.33 Å². The lowest BCUT2D eigenvalue weighted by molar-refractivity contribution is 0.112. The molecule has 1 aromatic rings. The van der Waals surface area contributed by atoms with Crippen LogP contribution >= 0.6 is 11.6 Å². The Morgan fingerprint density at radius 2 is 2.18 bits per heavy atom. The fraction of sp³-hybridized carbons (Fsp3) is 0.583. The Kier molecular flexibility index (Phi) is 5.35. The van der Waals surface area contributed by atoms with Gasteiger partial charge in [-0.3, -0.25) is 4.79 Å².